The van der Waals surface area contributed by atoms with Gasteiger partial charge in [-0.1, -0.05) is 45.0 Å². The third-order valence-electron chi connectivity index (χ3n) is 7.01. The fourth-order valence-electron chi connectivity index (χ4n) is 5.39. The summed E-state index contributed by atoms with van der Waals surface area (Å²) in [5, 5.41) is 9.88. The van der Waals surface area contributed by atoms with Gasteiger partial charge in [0, 0.05) is 24.4 Å². The van der Waals surface area contributed by atoms with Crippen LogP contribution in [-0.2, 0) is 10.2 Å². The van der Waals surface area contributed by atoms with Crippen molar-refractivity contribution in [3.05, 3.63) is 35.4 Å². The molecular formula is C23H33NO2. The van der Waals surface area contributed by atoms with Crippen LogP contribution in [0, 0.1) is 11.3 Å². The molecule has 3 fully saturated rings. The second-order valence-corrected chi connectivity index (χ2v) is 10.6. The predicted molar refractivity (Wildman–Crippen MR) is 104 cm³/mol. The monoisotopic (exact) mass is 355 g/mol. The Hall–Kier alpha value is -1.35. The van der Waals surface area contributed by atoms with Gasteiger partial charge in [0.15, 0.2) is 0 Å². The standard InChI is InChI=1S/C23H33NO2/c1-21(2,3)19-7-5-6-16(10-19)17-8-9-23(13-17)14-24(15-23)20(25)18-11-22(4,26)12-18/h5-7,10,17-18,26H,8-9,11-15H2,1-4H3. The number of hydrogen-bond donors (Lipinski definition) is 1. The van der Waals surface area contributed by atoms with E-state index in [1.54, 1.807) is 0 Å². The zero-order valence-corrected chi connectivity index (χ0v) is 16.7. The average Bonchev–Trinajstić information content (AvgIpc) is 2.95. The number of amides is 1. The molecule has 2 aliphatic carbocycles. The van der Waals surface area contributed by atoms with Gasteiger partial charge in [0.1, 0.15) is 0 Å². The van der Waals surface area contributed by atoms with E-state index >= 15 is 0 Å². The molecule has 26 heavy (non-hydrogen) atoms. The van der Waals surface area contributed by atoms with Crippen LogP contribution in [0.5, 0.6) is 0 Å². The second-order valence-electron chi connectivity index (χ2n) is 10.6. The Morgan fingerprint density at radius 3 is 2.50 bits per heavy atom. The fraction of sp³-hybridized carbons (Fsp3) is 0.696. The summed E-state index contributed by atoms with van der Waals surface area (Å²) in [6.07, 6.45) is 4.97. The molecule has 1 heterocycles. The molecular weight excluding hydrogens is 322 g/mol. The first-order valence-corrected chi connectivity index (χ1v) is 10.2. The molecule has 1 saturated heterocycles. The lowest BCUT2D eigenvalue weighted by molar-refractivity contribution is -0.161. The van der Waals surface area contributed by atoms with Crippen molar-refractivity contribution in [3.8, 4) is 0 Å². The summed E-state index contributed by atoms with van der Waals surface area (Å²) in [5.74, 6) is 0.974. The number of nitrogens with zero attached hydrogens (tertiary/aromatic N) is 1. The van der Waals surface area contributed by atoms with Crippen molar-refractivity contribution < 1.29 is 9.90 Å². The van der Waals surface area contributed by atoms with Crippen molar-refractivity contribution in [3.63, 3.8) is 0 Å². The summed E-state index contributed by atoms with van der Waals surface area (Å²) >= 11 is 0. The van der Waals surface area contributed by atoms with Crippen molar-refractivity contribution >= 4 is 5.91 Å². The van der Waals surface area contributed by atoms with Crippen molar-refractivity contribution in [2.75, 3.05) is 13.1 Å². The molecule has 1 aromatic rings. The summed E-state index contributed by atoms with van der Waals surface area (Å²) in [4.78, 5) is 14.6. The fourth-order valence-corrected chi connectivity index (χ4v) is 5.39. The third kappa shape index (κ3) is 3.19. The Morgan fingerprint density at radius 1 is 1.19 bits per heavy atom. The van der Waals surface area contributed by atoms with Crippen molar-refractivity contribution in [1.29, 1.82) is 0 Å². The predicted octanol–water partition coefficient (Wildman–Crippen LogP) is 4.24. The molecule has 3 heteroatoms. The van der Waals surface area contributed by atoms with E-state index in [1.165, 1.54) is 30.4 Å². The minimum absolute atomic E-state index is 0.0583. The highest BCUT2D eigenvalue weighted by molar-refractivity contribution is 5.81. The quantitative estimate of drug-likeness (QED) is 0.862. The first-order valence-electron chi connectivity index (χ1n) is 10.2. The van der Waals surface area contributed by atoms with Crippen molar-refractivity contribution in [2.45, 2.75) is 76.7 Å². The van der Waals surface area contributed by atoms with Gasteiger partial charge in [0.2, 0.25) is 5.91 Å². The van der Waals surface area contributed by atoms with Crippen LogP contribution < -0.4 is 0 Å². The van der Waals surface area contributed by atoms with E-state index in [1.807, 2.05) is 11.8 Å². The zero-order valence-electron chi connectivity index (χ0n) is 16.7. The number of hydrogen-bond acceptors (Lipinski definition) is 2. The topological polar surface area (TPSA) is 40.5 Å². The molecule has 2 saturated carbocycles. The third-order valence-corrected chi connectivity index (χ3v) is 7.01. The molecule has 1 spiro atoms. The van der Waals surface area contributed by atoms with E-state index < -0.39 is 5.60 Å². The number of benzene rings is 1. The first kappa shape index (κ1) is 18.0. The van der Waals surface area contributed by atoms with Crippen LogP contribution in [0.3, 0.4) is 0 Å². The first-order chi connectivity index (χ1) is 12.1. The van der Waals surface area contributed by atoms with E-state index in [4.69, 9.17) is 0 Å². The molecule has 0 aromatic heterocycles. The maximum absolute atomic E-state index is 12.6. The van der Waals surface area contributed by atoms with Crippen LogP contribution in [0.1, 0.15) is 76.8 Å². The maximum Gasteiger partial charge on any atom is 0.225 e. The van der Waals surface area contributed by atoms with Crippen LogP contribution in [0.4, 0.5) is 0 Å². The highest BCUT2D eigenvalue weighted by atomic mass is 16.3. The number of likely N-dealkylation sites (tertiary alicyclic amines) is 1. The average molecular weight is 356 g/mol. The van der Waals surface area contributed by atoms with Crippen LogP contribution in [0.15, 0.2) is 24.3 Å². The molecule has 3 aliphatic rings. The van der Waals surface area contributed by atoms with Crippen LogP contribution in [0.2, 0.25) is 0 Å². The van der Waals surface area contributed by atoms with Crippen LogP contribution >= 0.6 is 0 Å². The summed E-state index contributed by atoms with van der Waals surface area (Å²) in [6, 6.07) is 9.14. The van der Waals surface area contributed by atoms with Gasteiger partial charge in [-0.15, -0.1) is 0 Å². The highest BCUT2D eigenvalue weighted by Crippen LogP contribution is 2.53. The van der Waals surface area contributed by atoms with Gasteiger partial charge in [-0.2, -0.15) is 0 Å². The lowest BCUT2D eigenvalue weighted by Crippen LogP contribution is -2.61. The normalized spacial score (nSPS) is 33.0. The zero-order chi connectivity index (χ0) is 18.7. The molecule has 1 amide bonds. The SMILES string of the molecule is CC1(O)CC(C(=O)N2CC3(CCC(c4cccc(C(C)(C)C)c4)C3)C2)C1. The summed E-state index contributed by atoms with van der Waals surface area (Å²) in [6.45, 7) is 10.5. The summed E-state index contributed by atoms with van der Waals surface area (Å²) < 4.78 is 0. The van der Waals surface area contributed by atoms with Gasteiger partial charge >= 0.3 is 0 Å². The Balaban J connectivity index is 1.36. The van der Waals surface area contributed by atoms with Gasteiger partial charge in [0.25, 0.3) is 0 Å². The lowest BCUT2D eigenvalue weighted by atomic mass is 9.69. The van der Waals surface area contributed by atoms with Gasteiger partial charge in [-0.05, 0) is 61.5 Å². The number of aliphatic hydroxyl groups is 1. The largest absolute Gasteiger partial charge is 0.390 e. The molecule has 1 aliphatic heterocycles. The molecule has 4 rings (SSSR count). The van der Waals surface area contributed by atoms with E-state index in [9.17, 15) is 9.90 Å². The van der Waals surface area contributed by atoms with Gasteiger partial charge in [0.05, 0.1) is 5.60 Å². The second kappa shape index (κ2) is 5.82. The van der Waals surface area contributed by atoms with Gasteiger partial charge < -0.3 is 10.0 Å². The van der Waals surface area contributed by atoms with Gasteiger partial charge in [-0.25, -0.2) is 0 Å². The molecule has 0 bridgehead atoms. The van der Waals surface area contributed by atoms with Crippen LogP contribution in [0.25, 0.3) is 0 Å². The Morgan fingerprint density at radius 2 is 1.88 bits per heavy atom. The van der Waals surface area contributed by atoms with Crippen molar-refractivity contribution in [1.82, 2.24) is 4.90 Å². The number of rotatable bonds is 2. The highest BCUT2D eigenvalue weighted by Gasteiger charge is 2.53. The minimum atomic E-state index is -0.612. The van der Waals surface area contributed by atoms with E-state index in [2.05, 4.69) is 45.0 Å². The molecule has 1 N–H and O–H groups in total. The molecule has 142 valence electrons. The number of carbonyl (C=O) groups excluding carboxylic acids is 1. The minimum Gasteiger partial charge on any atom is -0.390 e. The van der Waals surface area contributed by atoms with E-state index in [0.29, 0.717) is 24.2 Å². The molecule has 0 radical (unpaired) electrons. The lowest BCUT2D eigenvalue weighted by Gasteiger charge is -2.52. The van der Waals surface area contributed by atoms with Crippen LogP contribution in [-0.4, -0.2) is 34.6 Å². The van der Waals surface area contributed by atoms with E-state index in [0.717, 1.165) is 13.1 Å². The molecule has 1 unspecified atom stereocenters. The maximum atomic E-state index is 12.6. The van der Waals surface area contributed by atoms with Gasteiger partial charge in [-0.3, -0.25) is 4.79 Å². The Kier molecular flexibility index (Phi) is 4.04. The van der Waals surface area contributed by atoms with E-state index in [-0.39, 0.29) is 17.2 Å². The summed E-state index contributed by atoms with van der Waals surface area (Å²) in [5.41, 5.74) is 2.83. The number of carbonyl (C=O) groups is 1. The Bertz CT molecular complexity index is 701. The smallest absolute Gasteiger partial charge is 0.225 e. The van der Waals surface area contributed by atoms with Crippen molar-refractivity contribution in [2.24, 2.45) is 11.3 Å². The molecule has 3 nitrogen and oxygen atoms in total. The Labute approximate surface area is 157 Å². The molecule has 1 atom stereocenters. The summed E-state index contributed by atoms with van der Waals surface area (Å²) in [7, 11) is 0. The molecule has 1 aromatic carbocycles.